The van der Waals surface area contributed by atoms with Gasteiger partial charge in [-0.15, -0.1) is 11.3 Å². The number of aryl methyl sites for hydroxylation is 1. The molecule has 0 radical (unpaired) electrons. The van der Waals surface area contributed by atoms with Crippen molar-refractivity contribution in [1.29, 1.82) is 0 Å². The maximum Gasteiger partial charge on any atom is 0.220 e. The summed E-state index contributed by atoms with van der Waals surface area (Å²) in [4.78, 5) is 15.9. The molecule has 1 amide bonds. The highest BCUT2D eigenvalue weighted by Gasteiger charge is 2.43. The van der Waals surface area contributed by atoms with Crippen molar-refractivity contribution in [3.8, 4) is 0 Å². The van der Waals surface area contributed by atoms with Crippen molar-refractivity contribution in [2.75, 3.05) is 26.2 Å². The van der Waals surface area contributed by atoms with Crippen LogP contribution >= 0.6 is 11.3 Å². The zero-order valence-electron chi connectivity index (χ0n) is 12.8. The molecule has 0 atom stereocenters. The Morgan fingerprint density at radius 1 is 1.29 bits per heavy atom. The van der Waals surface area contributed by atoms with Crippen LogP contribution in [-0.2, 0) is 11.2 Å². The lowest BCUT2D eigenvalue weighted by Crippen LogP contribution is -2.40. The summed E-state index contributed by atoms with van der Waals surface area (Å²) in [7, 11) is 0. The van der Waals surface area contributed by atoms with Gasteiger partial charge in [0.1, 0.15) is 0 Å². The van der Waals surface area contributed by atoms with Gasteiger partial charge in [-0.1, -0.05) is 12.5 Å². The number of rotatable bonds is 7. The van der Waals surface area contributed by atoms with Crippen LogP contribution < -0.4 is 5.32 Å². The molecule has 0 spiro atoms. The second kappa shape index (κ2) is 6.93. The van der Waals surface area contributed by atoms with Crippen LogP contribution in [0.4, 0.5) is 0 Å². The molecule has 2 heterocycles. The molecule has 1 aromatic rings. The lowest BCUT2D eigenvalue weighted by Gasteiger charge is -2.30. The van der Waals surface area contributed by atoms with E-state index < -0.39 is 0 Å². The number of piperidine rings is 1. The number of carbonyl (C=O) groups excluding carboxylic acids is 1. The highest BCUT2D eigenvalue weighted by molar-refractivity contribution is 7.09. The maximum atomic E-state index is 12.0. The topological polar surface area (TPSA) is 32.3 Å². The molecule has 4 heteroatoms. The summed E-state index contributed by atoms with van der Waals surface area (Å²) in [5.41, 5.74) is 0.399. The number of hydrogen-bond donors (Lipinski definition) is 1. The molecule has 1 aliphatic heterocycles. The lowest BCUT2D eigenvalue weighted by atomic mass is 10.0. The van der Waals surface area contributed by atoms with Gasteiger partial charge in [-0.3, -0.25) is 4.79 Å². The molecule has 3 rings (SSSR count). The Hall–Kier alpha value is -0.870. The molecule has 0 unspecified atom stereocenters. The molecule has 2 fully saturated rings. The first kappa shape index (κ1) is 15.0. The van der Waals surface area contributed by atoms with E-state index in [-0.39, 0.29) is 5.91 Å². The number of nitrogens with zero attached hydrogens (tertiary/aromatic N) is 1. The van der Waals surface area contributed by atoms with Gasteiger partial charge in [0, 0.05) is 29.8 Å². The molecule has 3 nitrogen and oxygen atoms in total. The Labute approximate surface area is 131 Å². The van der Waals surface area contributed by atoms with E-state index in [0.717, 1.165) is 13.0 Å². The molecule has 1 saturated heterocycles. The first-order valence-electron chi connectivity index (χ1n) is 8.27. The van der Waals surface area contributed by atoms with Gasteiger partial charge in [-0.25, -0.2) is 0 Å². The van der Waals surface area contributed by atoms with Crippen molar-refractivity contribution >= 4 is 17.2 Å². The number of hydrogen-bond acceptors (Lipinski definition) is 3. The van der Waals surface area contributed by atoms with Gasteiger partial charge in [0.05, 0.1) is 0 Å². The lowest BCUT2D eigenvalue weighted by molar-refractivity contribution is -0.121. The Morgan fingerprint density at radius 3 is 2.76 bits per heavy atom. The monoisotopic (exact) mass is 306 g/mol. The quantitative estimate of drug-likeness (QED) is 0.839. The minimum absolute atomic E-state index is 0.216. The molecule has 1 saturated carbocycles. The molecule has 1 aromatic heterocycles. The molecule has 1 aliphatic carbocycles. The van der Waals surface area contributed by atoms with Gasteiger partial charge in [0.25, 0.3) is 0 Å². The fourth-order valence-electron chi connectivity index (χ4n) is 3.23. The van der Waals surface area contributed by atoms with Crippen molar-refractivity contribution in [2.45, 2.75) is 44.9 Å². The Kier molecular flexibility index (Phi) is 4.96. The second-order valence-corrected chi connectivity index (χ2v) is 7.73. The van der Waals surface area contributed by atoms with Gasteiger partial charge in [-0.2, -0.15) is 0 Å². The van der Waals surface area contributed by atoms with Crippen molar-refractivity contribution in [2.24, 2.45) is 5.41 Å². The molecule has 2 aliphatic rings. The average Bonchev–Trinajstić information content (AvgIpc) is 3.07. The summed E-state index contributed by atoms with van der Waals surface area (Å²) in [6.07, 6.45) is 8.17. The predicted octanol–water partition coefficient (Wildman–Crippen LogP) is 3.06. The fraction of sp³-hybridized carbons (Fsp3) is 0.706. The minimum atomic E-state index is 0.216. The predicted molar refractivity (Wildman–Crippen MR) is 87.6 cm³/mol. The highest BCUT2D eigenvalue weighted by atomic mass is 32.1. The van der Waals surface area contributed by atoms with E-state index >= 15 is 0 Å². The standard InChI is InChI=1S/C17H26N2OS/c20-16(7-6-15-5-4-12-21-15)18-13-17(8-9-17)14-19-10-2-1-3-11-19/h4-5,12H,1-3,6-11,13-14H2,(H,18,20). The van der Waals surface area contributed by atoms with Crippen molar-refractivity contribution in [3.63, 3.8) is 0 Å². The zero-order valence-corrected chi connectivity index (χ0v) is 13.6. The molecule has 0 aromatic carbocycles. The third-order valence-electron chi connectivity index (χ3n) is 4.80. The summed E-state index contributed by atoms with van der Waals surface area (Å²) in [5, 5.41) is 5.25. The Morgan fingerprint density at radius 2 is 2.10 bits per heavy atom. The van der Waals surface area contributed by atoms with E-state index in [1.165, 1.54) is 56.6 Å². The van der Waals surface area contributed by atoms with Crippen LogP contribution in [0.5, 0.6) is 0 Å². The van der Waals surface area contributed by atoms with E-state index in [0.29, 0.717) is 11.8 Å². The first-order valence-corrected chi connectivity index (χ1v) is 9.15. The number of amides is 1. The van der Waals surface area contributed by atoms with E-state index in [9.17, 15) is 4.79 Å². The van der Waals surface area contributed by atoms with Crippen LogP contribution in [0.3, 0.4) is 0 Å². The van der Waals surface area contributed by atoms with Gasteiger partial charge in [0.15, 0.2) is 0 Å². The molecule has 0 bridgehead atoms. The largest absolute Gasteiger partial charge is 0.355 e. The molecular weight excluding hydrogens is 280 g/mol. The molecule has 1 N–H and O–H groups in total. The number of thiophene rings is 1. The van der Waals surface area contributed by atoms with Gasteiger partial charge >= 0.3 is 0 Å². The zero-order chi connectivity index (χ0) is 14.5. The smallest absolute Gasteiger partial charge is 0.220 e. The summed E-state index contributed by atoms with van der Waals surface area (Å²) in [6.45, 7) is 4.59. The number of likely N-dealkylation sites (tertiary alicyclic amines) is 1. The van der Waals surface area contributed by atoms with E-state index in [4.69, 9.17) is 0 Å². The third kappa shape index (κ3) is 4.55. The van der Waals surface area contributed by atoms with Crippen LogP contribution in [-0.4, -0.2) is 37.0 Å². The van der Waals surface area contributed by atoms with Gasteiger partial charge in [-0.05, 0) is 56.6 Å². The van der Waals surface area contributed by atoms with E-state index in [1.54, 1.807) is 11.3 Å². The minimum Gasteiger partial charge on any atom is -0.355 e. The van der Waals surface area contributed by atoms with Crippen LogP contribution in [0, 0.1) is 5.41 Å². The Bertz CT molecular complexity index is 447. The summed E-state index contributed by atoms with van der Waals surface area (Å²) >= 11 is 1.74. The fourth-order valence-corrected chi connectivity index (χ4v) is 3.93. The van der Waals surface area contributed by atoms with Crippen molar-refractivity contribution < 1.29 is 4.79 Å². The van der Waals surface area contributed by atoms with Crippen LogP contribution in [0.2, 0.25) is 0 Å². The maximum absolute atomic E-state index is 12.0. The van der Waals surface area contributed by atoms with Crippen molar-refractivity contribution in [1.82, 2.24) is 10.2 Å². The van der Waals surface area contributed by atoms with Gasteiger partial charge in [0.2, 0.25) is 5.91 Å². The van der Waals surface area contributed by atoms with Crippen molar-refractivity contribution in [3.05, 3.63) is 22.4 Å². The summed E-state index contributed by atoms with van der Waals surface area (Å²) < 4.78 is 0. The van der Waals surface area contributed by atoms with Gasteiger partial charge < -0.3 is 10.2 Å². The van der Waals surface area contributed by atoms with Crippen LogP contribution in [0.15, 0.2) is 17.5 Å². The van der Waals surface area contributed by atoms with E-state index in [2.05, 4.69) is 27.7 Å². The van der Waals surface area contributed by atoms with Crippen LogP contribution in [0.1, 0.15) is 43.4 Å². The average molecular weight is 306 g/mol. The number of carbonyl (C=O) groups is 1. The molecular formula is C17H26N2OS. The molecule has 116 valence electrons. The Balaban J connectivity index is 1.36. The molecule has 21 heavy (non-hydrogen) atoms. The highest BCUT2D eigenvalue weighted by Crippen LogP contribution is 2.46. The second-order valence-electron chi connectivity index (χ2n) is 6.69. The summed E-state index contributed by atoms with van der Waals surface area (Å²) in [6, 6.07) is 4.16. The van der Waals surface area contributed by atoms with Crippen LogP contribution in [0.25, 0.3) is 0 Å². The third-order valence-corrected chi connectivity index (χ3v) is 5.74. The normalized spacial score (nSPS) is 21.1. The SMILES string of the molecule is O=C(CCc1cccs1)NCC1(CN2CCCCC2)CC1. The summed E-state index contributed by atoms with van der Waals surface area (Å²) in [5.74, 6) is 0.216. The van der Waals surface area contributed by atoms with E-state index in [1.807, 2.05) is 0 Å². The first-order chi connectivity index (χ1) is 10.3. The number of nitrogens with one attached hydrogen (secondary N) is 1.